The molecule has 1 N–H and O–H groups in total. The normalized spacial score (nSPS) is 34.2. The van der Waals surface area contributed by atoms with Crippen LogP contribution in [0.3, 0.4) is 0 Å². The van der Waals surface area contributed by atoms with Gasteiger partial charge in [-0.15, -0.1) is 5.10 Å². The highest BCUT2D eigenvalue weighted by molar-refractivity contribution is 8.76. The van der Waals surface area contributed by atoms with E-state index in [9.17, 15) is 4.79 Å². The van der Waals surface area contributed by atoms with Crippen molar-refractivity contribution in [3.63, 3.8) is 0 Å². The lowest BCUT2D eigenvalue weighted by Gasteiger charge is -2.58. The highest BCUT2D eigenvalue weighted by Gasteiger charge is 2.59. The predicted molar refractivity (Wildman–Crippen MR) is 220 cm³/mol. The molecule has 1 aliphatic heterocycles. The summed E-state index contributed by atoms with van der Waals surface area (Å²) < 4.78 is 25.8. The van der Waals surface area contributed by atoms with Crippen LogP contribution in [0, 0.1) is 46.3 Å². The summed E-state index contributed by atoms with van der Waals surface area (Å²) in [5.74, 6) is 6.89. The van der Waals surface area contributed by atoms with E-state index in [0.29, 0.717) is 38.3 Å². The second-order valence-electron chi connectivity index (χ2n) is 18.6. The Bertz CT molecular complexity index is 1370. The molecule has 4 aliphatic carbocycles. The lowest BCUT2D eigenvalue weighted by molar-refractivity contribution is -0.0791. The number of carbonyl (C=O) groups excluding carboxylic acids is 1. The molecule has 9 nitrogen and oxygen atoms in total. The van der Waals surface area contributed by atoms with Crippen LogP contribution in [0.1, 0.15) is 131 Å². The molecule has 0 spiro atoms. The zero-order chi connectivity index (χ0) is 38.3. The lowest BCUT2D eigenvalue weighted by Crippen LogP contribution is -2.51. The minimum absolute atomic E-state index is 0.0261. The molecule has 0 aromatic carbocycles. The van der Waals surface area contributed by atoms with E-state index >= 15 is 0 Å². The zero-order valence-corrected chi connectivity index (χ0v) is 36.2. The summed E-state index contributed by atoms with van der Waals surface area (Å²) in [5.41, 5.74) is 3.16. The van der Waals surface area contributed by atoms with Crippen molar-refractivity contribution in [1.82, 2.24) is 20.3 Å². The smallest absolute Gasteiger partial charge is 0.407 e. The summed E-state index contributed by atoms with van der Waals surface area (Å²) >= 11 is 0. The third-order valence-electron chi connectivity index (χ3n) is 14.2. The van der Waals surface area contributed by atoms with E-state index in [-0.39, 0.29) is 35.9 Å². The first-order chi connectivity index (χ1) is 26.0. The van der Waals surface area contributed by atoms with E-state index in [1.807, 2.05) is 27.8 Å². The first kappa shape index (κ1) is 42.3. The minimum atomic E-state index is -0.295. The second kappa shape index (κ2) is 19.5. The Balaban J connectivity index is 0.858. The molecule has 306 valence electrons. The average Bonchev–Trinajstić information content (AvgIpc) is 3.74. The highest BCUT2D eigenvalue weighted by Crippen LogP contribution is 2.67. The number of ether oxygens (including phenoxy) is 4. The number of aromatic nitrogens is 3. The van der Waals surface area contributed by atoms with E-state index in [2.05, 4.69) is 70.2 Å². The molecular formula is C43H72N4O5S2. The van der Waals surface area contributed by atoms with Gasteiger partial charge >= 0.3 is 6.09 Å². The molecule has 0 radical (unpaired) electrons. The standard InChI is InChI=1S/C43H72N4O5S2/c1-29(2)10-8-11-31(5)36-14-15-37-35-13-12-32-24-34(16-18-42(32,6)38(35)17-19-43(36,37)7)52-41(48)44-20-9-22-49-23-21-47-25-33(45-46-47)26-50-39-27-53-54-28-40(39)51-30(3)4/h12,25,29-31,34-40H,8-11,13-24,26-28H2,1-7H3,(H,44,48)/t31-,34+,35?,36?,37?,38?,39?,40?,42+,43-/m1/s1. The average molecular weight is 789 g/mol. The summed E-state index contributed by atoms with van der Waals surface area (Å²) in [4.78, 5) is 12.8. The SMILES string of the molecule is CC(C)CCC[C@@H](C)C1CCC2C3CC=C4C[C@@H](OC(=O)NCCCOCCn5cc(COC6CSSCC6OC(C)C)nn5)CC[C@]4(C)C3CC[C@@]21C. The van der Waals surface area contributed by atoms with Gasteiger partial charge in [-0.2, -0.15) is 0 Å². The van der Waals surface area contributed by atoms with Gasteiger partial charge in [0.25, 0.3) is 0 Å². The third-order valence-corrected chi connectivity index (χ3v) is 16.6. The van der Waals surface area contributed by atoms with Crippen molar-refractivity contribution in [3.05, 3.63) is 23.5 Å². The van der Waals surface area contributed by atoms with Gasteiger partial charge < -0.3 is 24.3 Å². The predicted octanol–water partition coefficient (Wildman–Crippen LogP) is 9.89. The van der Waals surface area contributed by atoms with Crippen molar-refractivity contribution >= 4 is 27.7 Å². The Morgan fingerprint density at radius 1 is 0.981 bits per heavy atom. The topological polar surface area (TPSA) is 96.7 Å². The minimum Gasteiger partial charge on any atom is -0.446 e. The van der Waals surface area contributed by atoms with Crippen molar-refractivity contribution in [2.24, 2.45) is 46.3 Å². The monoisotopic (exact) mass is 788 g/mol. The fourth-order valence-electron chi connectivity index (χ4n) is 11.4. The molecule has 1 aromatic heterocycles. The van der Waals surface area contributed by atoms with Gasteiger partial charge in [0.1, 0.15) is 11.8 Å². The summed E-state index contributed by atoms with van der Waals surface area (Å²) in [7, 11) is 3.68. The van der Waals surface area contributed by atoms with Crippen LogP contribution in [0.2, 0.25) is 0 Å². The molecule has 1 saturated heterocycles. The number of hydrogen-bond donors (Lipinski definition) is 1. The fourth-order valence-corrected chi connectivity index (χ4v) is 13.8. The molecule has 0 bridgehead atoms. The van der Waals surface area contributed by atoms with Crippen LogP contribution in [0.5, 0.6) is 0 Å². The molecule has 4 fully saturated rings. The summed E-state index contributed by atoms with van der Waals surface area (Å²) in [6.45, 7) is 19.4. The van der Waals surface area contributed by atoms with Gasteiger partial charge in [0.15, 0.2) is 0 Å². The van der Waals surface area contributed by atoms with Gasteiger partial charge in [0, 0.05) is 31.1 Å². The summed E-state index contributed by atoms with van der Waals surface area (Å²) in [5, 5.41) is 11.5. The molecular weight excluding hydrogens is 717 g/mol. The van der Waals surface area contributed by atoms with Crippen LogP contribution >= 0.6 is 21.6 Å². The Hall–Kier alpha value is -1.27. The molecule has 6 unspecified atom stereocenters. The van der Waals surface area contributed by atoms with Crippen molar-refractivity contribution < 1.29 is 23.7 Å². The van der Waals surface area contributed by atoms with Gasteiger partial charge in [-0.3, -0.25) is 0 Å². The maximum Gasteiger partial charge on any atom is 0.407 e. The van der Waals surface area contributed by atoms with Crippen molar-refractivity contribution in [2.75, 3.05) is 31.3 Å². The Morgan fingerprint density at radius 3 is 2.59 bits per heavy atom. The first-order valence-electron chi connectivity index (χ1n) is 21.6. The van der Waals surface area contributed by atoms with E-state index < -0.39 is 0 Å². The zero-order valence-electron chi connectivity index (χ0n) is 34.6. The number of allylic oxidation sites excluding steroid dienone is 1. The summed E-state index contributed by atoms with van der Waals surface area (Å²) in [6, 6.07) is 0. The van der Waals surface area contributed by atoms with Crippen molar-refractivity contribution in [1.29, 1.82) is 0 Å². The van der Waals surface area contributed by atoms with E-state index in [1.54, 1.807) is 10.3 Å². The third kappa shape index (κ3) is 10.4. The first-order valence-corrected chi connectivity index (χ1v) is 24.1. The van der Waals surface area contributed by atoms with Crippen LogP contribution in [0.25, 0.3) is 0 Å². The number of hydrogen-bond acceptors (Lipinski definition) is 9. The van der Waals surface area contributed by atoms with Crippen molar-refractivity contribution in [3.8, 4) is 0 Å². The van der Waals surface area contributed by atoms with Crippen LogP contribution in [-0.2, 0) is 32.1 Å². The van der Waals surface area contributed by atoms with Crippen LogP contribution in [0.4, 0.5) is 4.79 Å². The molecule has 3 saturated carbocycles. The Morgan fingerprint density at radius 2 is 1.80 bits per heavy atom. The molecule has 2 heterocycles. The van der Waals surface area contributed by atoms with Crippen LogP contribution < -0.4 is 5.32 Å². The molecule has 6 rings (SSSR count). The molecule has 11 heteroatoms. The molecule has 5 aliphatic rings. The maximum atomic E-state index is 12.8. The van der Waals surface area contributed by atoms with Gasteiger partial charge in [-0.05, 0) is 112 Å². The van der Waals surface area contributed by atoms with Crippen LogP contribution in [0.15, 0.2) is 17.8 Å². The number of nitrogens with zero attached hydrogens (tertiary/aromatic N) is 3. The molecule has 54 heavy (non-hydrogen) atoms. The largest absolute Gasteiger partial charge is 0.446 e. The summed E-state index contributed by atoms with van der Waals surface area (Å²) in [6.07, 6.45) is 19.3. The van der Waals surface area contributed by atoms with Gasteiger partial charge in [-0.1, -0.05) is 92.3 Å². The number of carbonyl (C=O) groups is 1. The quantitative estimate of drug-likeness (QED) is 0.0886. The molecule has 10 atom stereocenters. The number of alkyl carbamates (subject to hydrolysis) is 1. The number of amides is 1. The Labute approximate surface area is 334 Å². The molecule has 1 amide bonds. The number of rotatable bonds is 18. The van der Waals surface area contributed by atoms with E-state index in [0.717, 1.165) is 78.4 Å². The molecule has 1 aromatic rings. The second-order valence-corrected chi connectivity index (χ2v) is 21.1. The number of nitrogens with one attached hydrogen (secondary N) is 1. The lowest BCUT2D eigenvalue weighted by atomic mass is 9.47. The van der Waals surface area contributed by atoms with E-state index in [4.69, 9.17) is 18.9 Å². The van der Waals surface area contributed by atoms with Gasteiger partial charge in [0.2, 0.25) is 0 Å². The highest BCUT2D eigenvalue weighted by atomic mass is 33.1. The van der Waals surface area contributed by atoms with Crippen LogP contribution in [-0.4, -0.2) is 76.8 Å². The van der Waals surface area contributed by atoms with Gasteiger partial charge in [-0.25, -0.2) is 9.48 Å². The number of fused-ring (bicyclic) bond motifs is 5. The van der Waals surface area contributed by atoms with Gasteiger partial charge in [0.05, 0.1) is 44.3 Å². The Kier molecular flexibility index (Phi) is 15.3. The fraction of sp³-hybridized carbons (Fsp3) is 0.884. The van der Waals surface area contributed by atoms with Crippen molar-refractivity contribution in [2.45, 2.75) is 163 Å². The van der Waals surface area contributed by atoms with E-state index in [1.165, 1.54) is 51.4 Å². The maximum absolute atomic E-state index is 12.8.